The number of hydrogen-bond acceptors (Lipinski definition) is 6. The van der Waals surface area contributed by atoms with Gasteiger partial charge in [-0.05, 0) is 48.7 Å². The molecule has 0 radical (unpaired) electrons. The number of hydrogen-bond donors (Lipinski definition) is 4. The molecule has 10 nitrogen and oxygen atoms in total. The zero-order valence-electron chi connectivity index (χ0n) is 19.8. The molecule has 4 amide bonds. The number of amides is 4. The van der Waals surface area contributed by atoms with E-state index in [2.05, 4.69) is 20.9 Å². The van der Waals surface area contributed by atoms with Gasteiger partial charge in [-0.2, -0.15) is 0 Å². The molecule has 2 aromatic rings. The first-order chi connectivity index (χ1) is 17.7. The third-order valence-electron chi connectivity index (χ3n) is 6.41. The van der Waals surface area contributed by atoms with Gasteiger partial charge in [-0.3, -0.25) is 24.2 Å². The van der Waals surface area contributed by atoms with Gasteiger partial charge in [0.05, 0.1) is 16.9 Å². The van der Waals surface area contributed by atoms with Crippen LogP contribution in [-0.4, -0.2) is 60.5 Å². The molecule has 194 valence electrons. The SMILES string of the molecule is NC(=O)C1(c2ccc(NC(=O)c3ccc(F)cc3Cl)cc2)NC=NC1C(=O)NCCCN1CCCC1=O. The van der Waals surface area contributed by atoms with Gasteiger partial charge in [0, 0.05) is 31.7 Å². The van der Waals surface area contributed by atoms with E-state index in [1.54, 1.807) is 17.0 Å². The van der Waals surface area contributed by atoms with Crippen molar-refractivity contribution in [3.63, 3.8) is 0 Å². The van der Waals surface area contributed by atoms with E-state index in [1.807, 2.05) is 0 Å². The molecular formula is C25H26ClFN6O4. The highest BCUT2D eigenvalue weighted by Crippen LogP contribution is 2.31. The molecule has 2 atom stereocenters. The first kappa shape index (κ1) is 26.1. The number of carbonyl (C=O) groups excluding carboxylic acids is 4. The number of rotatable bonds is 9. The Kier molecular flexibility index (Phi) is 7.72. The van der Waals surface area contributed by atoms with Crippen molar-refractivity contribution in [1.29, 1.82) is 0 Å². The van der Waals surface area contributed by atoms with Gasteiger partial charge in [0.2, 0.25) is 11.8 Å². The van der Waals surface area contributed by atoms with E-state index in [0.29, 0.717) is 37.2 Å². The number of benzene rings is 2. The van der Waals surface area contributed by atoms with Crippen LogP contribution in [0, 0.1) is 5.82 Å². The molecule has 2 unspecified atom stereocenters. The van der Waals surface area contributed by atoms with E-state index in [1.165, 1.54) is 24.5 Å². The van der Waals surface area contributed by atoms with Gasteiger partial charge in [-0.1, -0.05) is 23.7 Å². The number of nitrogens with two attached hydrogens (primary N) is 1. The van der Waals surface area contributed by atoms with Gasteiger partial charge in [-0.15, -0.1) is 0 Å². The predicted molar refractivity (Wildman–Crippen MR) is 136 cm³/mol. The molecule has 1 fully saturated rings. The lowest BCUT2D eigenvalue weighted by atomic mass is 9.82. The lowest BCUT2D eigenvalue weighted by molar-refractivity contribution is -0.131. The van der Waals surface area contributed by atoms with Crippen LogP contribution in [-0.2, 0) is 19.9 Å². The first-order valence-electron chi connectivity index (χ1n) is 11.7. The number of halogens is 2. The highest BCUT2D eigenvalue weighted by molar-refractivity contribution is 6.34. The number of anilines is 1. The van der Waals surface area contributed by atoms with E-state index >= 15 is 0 Å². The van der Waals surface area contributed by atoms with Gasteiger partial charge in [-0.25, -0.2) is 4.39 Å². The van der Waals surface area contributed by atoms with Crippen LogP contribution < -0.4 is 21.7 Å². The molecule has 1 saturated heterocycles. The minimum absolute atomic E-state index is 0.0324. The fourth-order valence-corrected chi connectivity index (χ4v) is 4.72. The Morgan fingerprint density at radius 2 is 1.97 bits per heavy atom. The Morgan fingerprint density at radius 3 is 2.62 bits per heavy atom. The van der Waals surface area contributed by atoms with Gasteiger partial charge in [0.1, 0.15) is 5.82 Å². The molecular weight excluding hydrogens is 503 g/mol. The molecule has 2 heterocycles. The fraction of sp³-hybridized carbons (Fsp3) is 0.320. The van der Waals surface area contributed by atoms with E-state index in [-0.39, 0.29) is 16.5 Å². The summed E-state index contributed by atoms with van der Waals surface area (Å²) in [7, 11) is 0. The average molecular weight is 529 g/mol. The Hall–Kier alpha value is -3.99. The third kappa shape index (κ3) is 5.41. The van der Waals surface area contributed by atoms with Gasteiger partial charge < -0.3 is 26.6 Å². The lowest BCUT2D eigenvalue weighted by Crippen LogP contribution is -2.60. The predicted octanol–water partition coefficient (Wildman–Crippen LogP) is 1.54. The molecule has 0 aliphatic carbocycles. The maximum Gasteiger partial charge on any atom is 0.257 e. The van der Waals surface area contributed by atoms with Crippen molar-refractivity contribution in [2.75, 3.05) is 25.0 Å². The van der Waals surface area contributed by atoms with Crippen LogP contribution in [0.2, 0.25) is 5.02 Å². The molecule has 5 N–H and O–H groups in total. The van der Waals surface area contributed by atoms with Crippen molar-refractivity contribution in [3.8, 4) is 0 Å². The monoisotopic (exact) mass is 528 g/mol. The Balaban J connectivity index is 1.43. The molecule has 12 heteroatoms. The molecule has 4 rings (SSSR count). The van der Waals surface area contributed by atoms with Gasteiger partial charge in [0.15, 0.2) is 11.6 Å². The van der Waals surface area contributed by atoms with E-state index in [0.717, 1.165) is 25.1 Å². The lowest BCUT2D eigenvalue weighted by Gasteiger charge is -2.31. The van der Waals surface area contributed by atoms with Crippen molar-refractivity contribution in [1.82, 2.24) is 15.5 Å². The Labute approximate surface area is 217 Å². The minimum atomic E-state index is -1.63. The highest BCUT2D eigenvalue weighted by Gasteiger charge is 2.52. The molecule has 0 saturated carbocycles. The number of aliphatic imine (C=N–C) groups is 1. The van der Waals surface area contributed by atoms with Crippen molar-refractivity contribution < 1.29 is 23.6 Å². The van der Waals surface area contributed by atoms with E-state index in [9.17, 15) is 23.6 Å². The zero-order valence-corrected chi connectivity index (χ0v) is 20.6. The second-order valence-electron chi connectivity index (χ2n) is 8.78. The number of primary amides is 1. The van der Waals surface area contributed by atoms with Crippen molar-refractivity contribution in [2.45, 2.75) is 30.8 Å². The van der Waals surface area contributed by atoms with Crippen LogP contribution in [0.3, 0.4) is 0 Å². The number of nitrogens with zero attached hydrogens (tertiary/aromatic N) is 2. The summed E-state index contributed by atoms with van der Waals surface area (Å²) in [6.45, 7) is 1.57. The summed E-state index contributed by atoms with van der Waals surface area (Å²) in [4.78, 5) is 55.8. The smallest absolute Gasteiger partial charge is 0.257 e. The molecule has 0 bridgehead atoms. The second kappa shape index (κ2) is 11.0. The van der Waals surface area contributed by atoms with Crippen molar-refractivity contribution in [2.24, 2.45) is 10.7 Å². The van der Waals surface area contributed by atoms with Crippen LogP contribution in [0.1, 0.15) is 35.2 Å². The summed E-state index contributed by atoms with van der Waals surface area (Å²) in [5, 5.41) is 8.23. The van der Waals surface area contributed by atoms with Crippen LogP contribution in [0.25, 0.3) is 0 Å². The molecule has 0 spiro atoms. The molecule has 37 heavy (non-hydrogen) atoms. The molecule has 0 aromatic heterocycles. The summed E-state index contributed by atoms with van der Waals surface area (Å²) in [5.74, 6) is -2.28. The quantitative estimate of drug-likeness (QED) is 0.365. The zero-order chi connectivity index (χ0) is 26.6. The minimum Gasteiger partial charge on any atom is -0.367 e. The van der Waals surface area contributed by atoms with Crippen molar-refractivity contribution in [3.05, 3.63) is 64.4 Å². The van der Waals surface area contributed by atoms with Crippen LogP contribution >= 0.6 is 11.6 Å². The third-order valence-corrected chi connectivity index (χ3v) is 6.72. The summed E-state index contributed by atoms with van der Waals surface area (Å²) in [5.41, 5.74) is 4.97. The summed E-state index contributed by atoms with van der Waals surface area (Å²) in [6, 6.07) is 8.46. The average Bonchev–Trinajstić information content (AvgIpc) is 3.49. The fourth-order valence-electron chi connectivity index (χ4n) is 4.47. The maximum absolute atomic E-state index is 13.3. The number of nitrogens with one attached hydrogen (secondary N) is 3. The second-order valence-corrected chi connectivity index (χ2v) is 9.19. The van der Waals surface area contributed by atoms with Gasteiger partial charge in [0.25, 0.3) is 11.8 Å². The summed E-state index contributed by atoms with van der Waals surface area (Å²) in [6.07, 6.45) is 3.23. The molecule has 2 aliphatic heterocycles. The van der Waals surface area contributed by atoms with Crippen LogP contribution in [0.5, 0.6) is 0 Å². The Bertz CT molecular complexity index is 1250. The highest BCUT2D eigenvalue weighted by atomic mass is 35.5. The summed E-state index contributed by atoms with van der Waals surface area (Å²) >= 11 is 5.96. The molecule has 2 aromatic carbocycles. The van der Waals surface area contributed by atoms with Crippen molar-refractivity contribution >= 4 is 47.3 Å². The number of carbonyl (C=O) groups is 4. The normalized spacial score (nSPS) is 20.5. The summed E-state index contributed by atoms with van der Waals surface area (Å²) < 4.78 is 13.3. The van der Waals surface area contributed by atoms with Crippen LogP contribution in [0.4, 0.5) is 10.1 Å². The van der Waals surface area contributed by atoms with Crippen LogP contribution in [0.15, 0.2) is 47.5 Å². The number of likely N-dealkylation sites (tertiary alicyclic amines) is 1. The maximum atomic E-state index is 13.3. The van der Waals surface area contributed by atoms with E-state index < -0.39 is 35.1 Å². The Morgan fingerprint density at radius 1 is 1.22 bits per heavy atom. The topological polar surface area (TPSA) is 146 Å². The molecule has 2 aliphatic rings. The van der Waals surface area contributed by atoms with Gasteiger partial charge >= 0.3 is 0 Å². The van der Waals surface area contributed by atoms with E-state index in [4.69, 9.17) is 17.3 Å². The first-order valence-corrected chi connectivity index (χ1v) is 12.1. The largest absolute Gasteiger partial charge is 0.367 e. The standard InChI is InChI=1S/C25H26ClFN6O4/c26-19-13-16(27)6-9-18(19)22(35)32-17-7-4-15(5-8-17)25(24(28)37)21(30-14-31-25)23(36)29-10-2-12-33-11-1-3-20(33)34/h4-9,13-14,21H,1-3,10-12H2,(H2,28,37)(H,29,36)(H,30,31)(H,32,35).